The fourth-order valence-electron chi connectivity index (χ4n) is 1.81. The van der Waals surface area contributed by atoms with Gasteiger partial charge >= 0.3 is 6.03 Å². The van der Waals surface area contributed by atoms with Crippen molar-refractivity contribution in [2.75, 3.05) is 26.1 Å². The number of carbonyl (C=O) groups excluding carboxylic acids is 2. The fourth-order valence-corrected chi connectivity index (χ4v) is 1.81. The van der Waals surface area contributed by atoms with Crippen molar-refractivity contribution in [3.05, 3.63) is 60.2 Å². The van der Waals surface area contributed by atoms with Gasteiger partial charge in [0, 0.05) is 24.4 Å². The molecule has 1 N–H and O–H groups in total. The molecule has 2 amide bonds. The van der Waals surface area contributed by atoms with Gasteiger partial charge in [0.25, 0.3) is 0 Å². The molecule has 0 heterocycles. The van der Waals surface area contributed by atoms with Gasteiger partial charge in [-0.3, -0.25) is 9.63 Å². The van der Waals surface area contributed by atoms with Gasteiger partial charge in [0.05, 0.1) is 7.11 Å². The quantitative estimate of drug-likeness (QED) is 0.657. The largest absolute Gasteiger partial charge is 0.485 e. The van der Waals surface area contributed by atoms with Crippen LogP contribution in [0.15, 0.2) is 54.6 Å². The summed E-state index contributed by atoms with van der Waals surface area (Å²) in [6.45, 7) is -0.0701. The molecule has 0 spiro atoms. The van der Waals surface area contributed by atoms with E-state index in [1.165, 1.54) is 14.2 Å². The predicted octanol–water partition coefficient (Wildman–Crippen LogP) is 2.97. The Morgan fingerprint density at radius 3 is 2.52 bits per heavy atom. The first-order valence-electron chi connectivity index (χ1n) is 7.00. The van der Waals surface area contributed by atoms with Gasteiger partial charge in [-0.2, -0.15) is 0 Å². The van der Waals surface area contributed by atoms with E-state index in [2.05, 4.69) is 5.32 Å². The van der Waals surface area contributed by atoms with Crippen LogP contribution in [0.25, 0.3) is 0 Å². The molecule has 0 aliphatic carbocycles. The Kier molecular flexibility index (Phi) is 5.71. The van der Waals surface area contributed by atoms with E-state index in [0.29, 0.717) is 17.0 Å². The summed E-state index contributed by atoms with van der Waals surface area (Å²) < 4.78 is 5.49. The maximum absolute atomic E-state index is 12.0. The zero-order chi connectivity index (χ0) is 16.7. The van der Waals surface area contributed by atoms with Crippen LogP contribution in [0.4, 0.5) is 10.5 Å². The van der Waals surface area contributed by atoms with E-state index in [4.69, 9.17) is 9.57 Å². The molecule has 0 atom stereocenters. The van der Waals surface area contributed by atoms with Crippen LogP contribution in [-0.2, 0) is 4.84 Å². The highest BCUT2D eigenvalue weighted by Gasteiger charge is 2.09. The van der Waals surface area contributed by atoms with Crippen molar-refractivity contribution >= 4 is 17.5 Å². The van der Waals surface area contributed by atoms with E-state index < -0.39 is 6.03 Å². The molecule has 0 aliphatic rings. The molecule has 0 unspecified atom stereocenters. The van der Waals surface area contributed by atoms with Gasteiger partial charge in [-0.25, -0.2) is 9.86 Å². The predicted molar refractivity (Wildman–Crippen MR) is 86.5 cm³/mol. The topological polar surface area (TPSA) is 67.9 Å². The lowest BCUT2D eigenvalue weighted by atomic mass is 10.1. The monoisotopic (exact) mass is 314 g/mol. The summed E-state index contributed by atoms with van der Waals surface area (Å²) in [5.41, 5.74) is 1.14. The Hall–Kier alpha value is -2.86. The van der Waals surface area contributed by atoms with Gasteiger partial charge in [-0.15, -0.1) is 0 Å². The van der Waals surface area contributed by atoms with Crippen LogP contribution in [0.2, 0.25) is 0 Å². The smallest absolute Gasteiger partial charge is 0.345 e. The minimum absolute atomic E-state index is 0.0701. The molecule has 2 aromatic carbocycles. The summed E-state index contributed by atoms with van der Waals surface area (Å²) in [5, 5.41) is 3.71. The van der Waals surface area contributed by atoms with Crippen molar-refractivity contribution in [3.63, 3.8) is 0 Å². The maximum Gasteiger partial charge on any atom is 0.345 e. The Labute approximate surface area is 134 Å². The normalized spacial score (nSPS) is 10.0. The molecule has 0 fully saturated rings. The molecule has 120 valence electrons. The second-order valence-corrected chi connectivity index (χ2v) is 4.72. The van der Waals surface area contributed by atoms with Crippen LogP contribution < -0.4 is 10.1 Å². The molecule has 0 saturated carbocycles. The first kappa shape index (κ1) is 16.5. The Morgan fingerprint density at radius 2 is 1.83 bits per heavy atom. The minimum Gasteiger partial charge on any atom is -0.485 e. The SMILES string of the molecule is CON(C)C(=O)Nc1cccc(OCC(=O)c2ccccc2)c1. The standard InChI is InChI=1S/C17H18N2O4/c1-19(22-2)17(21)18-14-9-6-10-15(11-14)23-12-16(20)13-7-4-3-5-8-13/h3-11H,12H2,1-2H3,(H,18,21). The summed E-state index contributed by atoms with van der Waals surface area (Å²) in [6.07, 6.45) is 0. The number of hydrogen-bond acceptors (Lipinski definition) is 4. The van der Waals surface area contributed by atoms with Crippen molar-refractivity contribution in [3.8, 4) is 5.75 Å². The molecule has 0 bridgehead atoms. The molecule has 6 nitrogen and oxygen atoms in total. The summed E-state index contributed by atoms with van der Waals surface area (Å²) in [7, 11) is 2.89. The lowest BCUT2D eigenvalue weighted by Crippen LogP contribution is -2.30. The number of benzene rings is 2. The number of hydrogen-bond donors (Lipinski definition) is 1. The van der Waals surface area contributed by atoms with Gasteiger partial charge < -0.3 is 10.1 Å². The Balaban J connectivity index is 1.95. The number of carbonyl (C=O) groups is 2. The van der Waals surface area contributed by atoms with Crippen LogP contribution in [-0.4, -0.2) is 37.6 Å². The zero-order valence-corrected chi connectivity index (χ0v) is 13.0. The molecule has 0 aromatic heterocycles. The van der Waals surface area contributed by atoms with E-state index in [1.54, 1.807) is 48.5 Å². The summed E-state index contributed by atoms with van der Waals surface area (Å²) in [6, 6.07) is 15.3. The molecule has 0 saturated heterocycles. The Bertz CT molecular complexity index is 673. The van der Waals surface area contributed by atoms with Crippen molar-refractivity contribution in [2.24, 2.45) is 0 Å². The van der Waals surface area contributed by atoms with Crippen molar-refractivity contribution in [1.29, 1.82) is 0 Å². The summed E-state index contributed by atoms with van der Waals surface area (Å²) in [4.78, 5) is 28.5. The van der Waals surface area contributed by atoms with Crippen LogP contribution in [0.5, 0.6) is 5.75 Å². The van der Waals surface area contributed by atoms with Crippen molar-refractivity contribution < 1.29 is 19.2 Å². The highest BCUT2D eigenvalue weighted by Crippen LogP contribution is 2.18. The number of nitrogens with one attached hydrogen (secondary N) is 1. The number of rotatable bonds is 6. The van der Waals surface area contributed by atoms with E-state index in [1.807, 2.05) is 6.07 Å². The lowest BCUT2D eigenvalue weighted by molar-refractivity contribution is -0.0598. The summed E-state index contributed by atoms with van der Waals surface area (Å²) >= 11 is 0. The molecule has 2 aromatic rings. The average Bonchev–Trinajstić information content (AvgIpc) is 2.60. The zero-order valence-electron chi connectivity index (χ0n) is 13.0. The average molecular weight is 314 g/mol. The van der Waals surface area contributed by atoms with Gasteiger partial charge in [0.2, 0.25) is 0 Å². The highest BCUT2D eigenvalue weighted by atomic mass is 16.7. The van der Waals surface area contributed by atoms with E-state index >= 15 is 0 Å². The van der Waals surface area contributed by atoms with Crippen LogP contribution in [0.3, 0.4) is 0 Å². The van der Waals surface area contributed by atoms with Gasteiger partial charge in [0.1, 0.15) is 5.75 Å². The molecule has 23 heavy (non-hydrogen) atoms. The third-order valence-electron chi connectivity index (χ3n) is 3.11. The first-order chi connectivity index (χ1) is 11.1. The van der Waals surface area contributed by atoms with Crippen LogP contribution >= 0.6 is 0 Å². The van der Waals surface area contributed by atoms with Crippen LogP contribution in [0.1, 0.15) is 10.4 Å². The second-order valence-electron chi connectivity index (χ2n) is 4.72. The van der Waals surface area contributed by atoms with Gasteiger partial charge in [-0.05, 0) is 12.1 Å². The number of Topliss-reactive ketones (excluding diaryl/α,β-unsaturated/α-hetero) is 1. The summed E-state index contributed by atoms with van der Waals surface area (Å²) in [5.74, 6) is 0.381. The second kappa shape index (κ2) is 7.95. The molecule has 0 aliphatic heterocycles. The number of hydroxylamine groups is 2. The number of anilines is 1. The van der Waals surface area contributed by atoms with E-state index in [-0.39, 0.29) is 12.4 Å². The van der Waals surface area contributed by atoms with E-state index in [9.17, 15) is 9.59 Å². The Morgan fingerprint density at radius 1 is 1.09 bits per heavy atom. The maximum atomic E-state index is 12.0. The number of amides is 2. The lowest BCUT2D eigenvalue weighted by Gasteiger charge is -2.15. The van der Waals surface area contributed by atoms with E-state index in [0.717, 1.165) is 5.06 Å². The van der Waals surface area contributed by atoms with Crippen LogP contribution in [0, 0.1) is 0 Å². The third-order valence-corrected chi connectivity index (χ3v) is 3.11. The number of ketones is 1. The minimum atomic E-state index is -0.412. The molecule has 2 rings (SSSR count). The molecular formula is C17H18N2O4. The number of ether oxygens (including phenoxy) is 1. The molecular weight excluding hydrogens is 296 g/mol. The molecule has 0 radical (unpaired) electrons. The van der Waals surface area contributed by atoms with Gasteiger partial charge in [-0.1, -0.05) is 36.4 Å². The fraction of sp³-hybridized carbons (Fsp3) is 0.176. The number of urea groups is 1. The van der Waals surface area contributed by atoms with Crippen molar-refractivity contribution in [1.82, 2.24) is 5.06 Å². The van der Waals surface area contributed by atoms with Crippen molar-refractivity contribution in [2.45, 2.75) is 0 Å². The first-order valence-corrected chi connectivity index (χ1v) is 7.00. The molecule has 6 heteroatoms. The number of nitrogens with zero attached hydrogens (tertiary/aromatic N) is 1. The highest BCUT2D eigenvalue weighted by molar-refractivity contribution is 5.97. The van der Waals surface area contributed by atoms with Gasteiger partial charge in [0.15, 0.2) is 12.4 Å². The third kappa shape index (κ3) is 4.82.